The van der Waals surface area contributed by atoms with Crippen molar-refractivity contribution in [2.75, 3.05) is 11.1 Å². The fourth-order valence-electron chi connectivity index (χ4n) is 2.37. The number of anilines is 1. The second-order valence-corrected chi connectivity index (χ2v) is 7.85. The molecule has 0 radical (unpaired) electrons. The molecule has 0 saturated carbocycles. The Morgan fingerprint density at radius 1 is 1.16 bits per heavy atom. The molecule has 0 bridgehead atoms. The number of rotatable bonds is 4. The molecule has 5 nitrogen and oxygen atoms in total. The van der Waals surface area contributed by atoms with Crippen LogP contribution >= 0.6 is 46.3 Å². The fraction of sp³-hybridized carbons (Fsp3) is 0.0625. The molecule has 1 amide bonds. The largest absolute Gasteiger partial charge is 0.324 e. The zero-order valence-corrected chi connectivity index (χ0v) is 15.7. The monoisotopic (exact) mass is 408 g/mol. The minimum absolute atomic E-state index is 0.188. The Hall–Kier alpha value is -1.80. The minimum Gasteiger partial charge on any atom is -0.324 e. The van der Waals surface area contributed by atoms with Crippen molar-refractivity contribution in [3.8, 4) is 0 Å². The third kappa shape index (κ3) is 3.20. The number of para-hydroxylation sites is 1. The molecule has 0 aliphatic heterocycles. The van der Waals surface area contributed by atoms with Crippen molar-refractivity contribution in [3.05, 3.63) is 52.5 Å². The molecular weight excluding hydrogens is 399 g/mol. The van der Waals surface area contributed by atoms with E-state index >= 15 is 0 Å². The Morgan fingerprint density at radius 2 is 2.00 bits per heavy atom. The molecule has 9 heteroatoms. The van der Waals surface area contributed by atoms with Crippen LogP contribution in [0.3, 0.4) is 0 Å². The first-order valence-corrected chi connectivity index (χ1v) is 9.78. The van der Waals surface area contributed by atoms with Crippen molar-refractivity contribution in [3.63, 3.8) is 0 Å². The number of hydrogen-bond acceptors (Lipinski definition) is 5. The molecule has 25 heavy (non-hydrogen) atoms. The summed E-state index contributed by atoms with van der Waals surface area (Å²) in [5.41, 5.74) is 1.53. The number of amides is 1. The lowest BCUT2D eigenvalue weighted by molar-refractivity contribution is -0.113. The molecule has 0 fully saturated rings. The second-order valence-electron chi connectivity index (χ2n) is 5.11. The molecular formula is C16H10Cl2N4OS2. The van der Waals surface area contributed by atoms with Crippen LogP contribution in [0.5, 0.6) is 0 Å². The Morgan fingerprint density at radius 3 is 2.88 bits per heavy atom. The van der Waals surface area contributed by atoms with Gasteiger partial charge in [0.25, 0.3) is 0 Å². The van der Waals surface area contributed by atoms with Crippen LogP contribution in [0, 0.1) is 0 Å². The lowest BCUT2D eigenvalue weighted by Gasteiger charge is -2.07. The summed E-state index contributed by atoms with van der Waals surface area (Å²) in [6.07, 6.45) is 0. The zero-order chi connectivity index (χ0) is 17.4. The Balaban J connectivity index is 1.52. The van der Waals surface area contributed by atoms with E-state index in [9.17, 15) is 4.79 Å². The number of thioether (sulfide) groups is 1. The molecule has 0 unspecified atom stereocenters. The van der Waals surface area contributed by atoms with Gasteiger partial charge in [0.15, 0.2) is 5.16 Å². The van der Waals surface area contributed by atoms with E-state index in [4.69, 9.17) is 23.2 Å². The van der Waals surface area contributed by atoms with E-state index in [2.05, 4.69) is 15.5 Å². The SMILES string of the molecule is O=C(CSc1nnc2sc3ccccc3n12)Nc1cccc(Cl)c1Cl. The standard InChI is InChI=1S/C16H10Cl2N4OS2/c17-9-4-3-5-10(14(9)18)19-13(23)8-24-15-20-21-16-22(15)11-6-1-2-7-12(11)25-16/h1-7H,8H2,(H,19,23). The highest BCUT2D eigenvalue weighted by atomic mass is 35.5. The highest BCUT2D eigenvalue weighted by molar-refractivity contribution is 7.99. The predicted molar refractivity (Wildman–Crippen MR) is 104 cm³/mol. The van der Waals surface area contributed by atoms with Crippen LogP contribution in [0.2, 0.25) is 10.0 Å². The Kier molecular flexibility index (Phi) is 4.56. The number of carbonyl (C=O) groups excluding carboxylic acids is 1. The number of aromatic nitrogens is 3. The van der Waals surface area contributed by atoms with Crippen molar-refractivity contribution in [1.29, 1.82) is 0 Å². The smallest absolute Gasteiger partial charge is 0.234 e. The summed E-state index contributed by atoms with van der Waals surface area (Å²) in [7, 11) is 0. The lowest BCUT2D eigenvalue weighted by atomic mass is 10.3. The summed E-state index contributed by atoms with van der Waals surface area (Å²) in [4.78, 5) is 13.0. The molecule has 0 atom stereocenters. The minimum atomic E-state index is -0.189. The van der Waals surface area contributed by atoms with E-state index in [-0.39, 0.29) is 11.7 Å². The molecule has 0 aliphatic carbocycles. The van der Waals surface area contributed by atoms with E-state index in [0.29, 0.717) is 20.9 Å². The van der Waals surface area contributed by atoms with E-state index in [1.807, 2.05) is 28.7 Å². The van der Waals surface area contributed by atoms with Gasteiger partial charge in [-0.2, -0.15) is 0 Å². The maximum Gasteiger partial charge on any atom is 0.234 e. The van der Waals surface area contributed by atoms with E-state index in [1.54, 1.807) is 29.5 Å². The number of nitrogens with zero attached hydrogens (tertiary/aromatic N) is 3. The van der Waals surface area contributed by atoms with Gasteiger partial charge >= 0.3 is 0 Å². The summed E-state index contributed by atoms with van der Waals surface area (Å²) in [5, 5.41) is 12.5. The predicted octanol–water partition coefficient (Wildman–Crippen LogP) is 4.98. The van der Waals surface area contributed by atoms with Crippen molar-refractivity contribution < 1.29 is 4.79 Å². The molecule has 0 spiro atoms. The summed E-state index contributed by atoms with van der Waals surface area (Å²) in [6, 6.07) is 13.1. The fourth-order valence-corrected chi connectivity index (χ4v) is 4.48. The van der Waals surface area contributed by atoms with Crippen LogP contribution in [0.25, 0.3) is 15.2 Å². The van der Waals surface area contributed by atoms with Gasteiger partial charge in [0.2, 0.25) is 10.9 Å². The van der Waals surface area contributed by atoms with Gasteiger partial charge in [0, 0.05) is 0 Å². The third-order valence-corrected chi connectivity index (χ3v) is 6.23. The number of hydrogen-bond donors (Lipinski definition) is 1. The van der Waals surface area contributed by atoms with Gasteiger partial charge in [0.1, 0.15) is 0 Å². The van der Waals surface area contributed by atoms with Gasteiger partial charge in [-0.05, 0) is 24.3 Å². The van der Waals surface area contributed by atoms with Crippen LogP contribution in [0.1, 0.15) is 0 Å². The average molecular weight is 409 g/mol. The lowest BCUT2D eigenvalue weighted by Crippen LogP contribution is -2.14. The number of benzene rings is 2. The summed E-state index contributed by atoms with van der Waals surface area (Å²) >= 11 is 14.9. The normalized spacial score (nSPS) is 11.3. The van der Waals surface area contributed by atoms with Crippen molar-refractivity contribution in [2.45, 2.75) is 5.16 Å². The van der Waals surface area contributed by atoms with Gasteiger partial charge in [0.05, 0.1) is 31.7 Å². The Bertz CT molecular complexity index is 1090. The van der Waals surface area contributed by atoms with Crippen LogP contribution in [0.15, 0.2) is 47.6 Å². The van der Waals surface area contributed by atoms with Gasteiger partial charge in [-0.3, -0.25) is 9.20 Å². The first-order chi connectivity index (χ1) is 12.1. The van der Waals surface area contributed by atoms with Gasteiger partial charge in [-0.25, -0.2) is 0 Å². The Labute approximate surface area is 161 Å². The summed E-state index contributed by atoms with van der Waals surface area (Å²) in [5.74, 6) is -0.00109. The topological polar surface area (TPSA) is 59.3 Å². The van der Waals surface area contributed by atoms with Crippen LogP contribution < -0.4 is 5.32 Å². The molecule has 2 aromatic carbocycles. The van der Waals surface area contributed by atoms with Gasteiger partial charge in [-0.1, -0.05) is 64.5 Å². The average Bonchev–Trinajstić information content (AvgIpc) is 3.16. The number of fused-ring (bicyclic) bond motifs is 3. The van der Waals surface area contributed by atoms with Crippen molar-refractivity contribution in [2.24, 2.45) is 0 Å². The molecule has 4 rings (SSSR count). The first kappa shape index (κ1) is 16.7. The molecule has 2 heterocycles. The van der Waals surface area contributed by atoms with Crippen LogP contribution in [-0.2, 0) is 4.79 Å². The van der Waals surface area contributed by atoms with Crippen LogP contribution in [0.4, 0.5) is 5.69 Å². The first-order valence-electron chi connectivity index (χ1n) is 7.23. The van der Waals surface area contributed by atoms with E-state index in [0.717, 1.165) is 15.2 Å². The quantitative estimate of drug-likeness (QED) is 0.483. The maximum absolute atomic E-state index is 12.2. The number of nitrogens with one attached hydrogen (secondary N) is 1. The molecule has 126 valence electrons. The molecule has 1 N–H and O–H groups in total. The van der Waals surface area contributed by atoms with E-state index < -0.39 is 0 Å². The van der Waals surface area contributed by atoms with E-state index in [1.165, 1.54) is 11.8 Å². The van der Waals surface area contributed by atoms with Gasteiger partial charge < -0.3 is 5.32 Å². The molecule has 4 aromatic rings. The number of halogens is 2. The maximum atomic E-state index is 12.2. The summed E-state index contributed by atoms with van der Waals surface area (Å²) in [6.45, 7) is 0. The molecule has 0 saturated heterocycles. The number of thiazole rings is 1. The van der Waals surface area contributed by atoms with Crippen molar-refractivity contribution >= 4 is 73.1 Å². The number of carbonyl (C=O) groups is 1. The van der Waals surface area contributed by atoms with Crippen LogP contribution in [-0.4, -0.2) is 26.3 Å². The van der Waals surface area contributed by atoms with Crippen molar-refractivity contribution in [1.82, 2.24) is 14.6 Å². The summed E-state index contributed by atoms with van der Waals surface area (Å²) < 4.78 is 3.09. The zero-order valence-electron chi connectivity index (χ0n) is 12.6. The molecule has 0 aliphatic rings. The third-order valence-electron chi connectivity index (χ3n) is 3.47. The highest BCUT2D eigenvalue weighted by Gasteiger charge is 2.15. The van der Waals surface area contributed by atoms with Gasteiger partial charge in [-0.15, -0.1) is 10.2 Å². The highest BCUT2D eigenvalue weighted by Crippen LogP contribution is 2.31. The molecule has 2 aromatic heterocycles. The second kappa shape index (κ2) is 6.84.